The van der Waals surface area contributed by atoms with E-state index in [9.17, 15) is 5.11 Å². The summed E-state index contributed by atoms with van der Waals surface area (Å²) in [5.41, 5.74) is 4.16. The summed E-state index contributed by atoms with van der Waals surface area (Å²) >= 11 is 0. The molecule has 0 unspecified atom stereocenters. The van der Waals surface area contributed by atoms with Crippen LogP contribution in [0.4, 0.5) is 5.69 Å². The number of amides is 2. The number of anilines is 1. The molecule has 6 atom stereocenters. The molecule has 3 N–H and O–H groups in total. The summed E-state index contributed by atoms with van der Waals surface area (Å²) in [6.07, 6.45) is 7.66. The van der Waals surface area contributed by atoms with Gasteiger partial charge < -0.3 is 25.2 Å². The SMILES string of the molecule is O=C1O[C@@H](c2ccccc2)[C@@H](c2ccccc2)N2[C@@H](c3ccccc3OCCO)[C@]3(C(=O)Nc4ccc(C#CC5=CCCCC5)cc43)[C@@H](C(=O)NCCc3ccccn3)[C@H]12. The number of allylic oxidation sites excluding steroid dienone is 2. The Labute approximate surface area is 349 Å². The standard InChI is InChI=1S/C50H46N4O6/c55-30-31-59-41-22-11-10-21-38(41)46-50(39-32-34(25-26-40(39)53-49(50)58)24-23-33-14-4-1-5-15-33)42(47(56)52-29-27-37-20-12-13-28-51-37)44-48(57)60-45(36-18-8-3-9-19-36)43(54(44)46)35-16-6-2-7-17-35/h2-3,6-14,16-22,25-26,28,32,42-46,55H,1,4-5,15,27,29-31H2,(H,52,56)(H,53,58)/t42-,43-,44-,45+,46+,50-/m1/s1. The number of aromatic nitrogens is 1. The zero-order valence-corrected chi connectivity index (χ0v) is 33.1. The van der Waals surface area contributed by atoms with Gasteiger partial charge in [-0.2, -0.15) is 0 Å². The summed E-state index contributed by atoms with van der Waals surface area (Å²) in [4.78, 5) is 52.5. The number of carbonyl (C=O) groups excluding carboxylic acids is 3. The van der Waals surface area contributed by atoms with Crippen LogP contribution in [0.15, 0.2) is 139 Å². The van der Waals surface area contributed by atoms with E-state index in [2.05, 4.69) is 33.5 Å². The molecule has 1 aliphatic carbocycles. The maximum atomic E-state index is 15.5. The molecular formula is C50H46N4O6. The average Bonchev–Trinajstić information content (AvgIpc) is 3.77. The minimum Gasteiger partial charge on any atom is -0.491 e. The number of nitrogens with one attached hydrogen (secondary N) is 2. The molecular weight excluding hydrogens is 753 g/mol. The zero-order valence-electron chi connectivity index (χ0n) is 33.1. The number of para-hydroxylation sites is 1. The van der Waals surface area contributed by atoms with Crippen LogP contribution in [0.1, 0.15) is 77.4 Å². The molecule has 0 bridgehead atoms. The van der Waals surface area contributed by atoms with E-state index in [0.717, 1.165) is 48.1 Å². The second-order valence-corrected chi connectivity index (χ2v) is 15.7. The fourth-order valence-electron chi connectivity index (χ4n) is 9.71. The third-order valence-corrected chi connectivity index (χ3v) is 12.2. The molecule has 4 aliphatic rings. The summed E-state index contributed by atoms with van der Waals surface area (Å²) in [7, 11) is 0. The number of fused-ring (bicyclic) bond motifs is 3. The van der Waals surface area contributed by atoms with E-state index in [0.29, 0.717) is 34.5 Å². The van der Waals surface area contributed by atoms with Crippen molar-refractivity contribution < 1.29 is 29.0 Å². The normalized spacial score (nSPS) is 24.3. The van der Waals surface area contributed by atoms with Gasteiger partial charge >= 0.3 is 5.97 Å². The van der Waals surface area contributed by atoms with Crippen LogP contribution in [-0.4, -0.2) is 58.6 Å². The Kier molecular flexibility index (Phi) is 11.0. The van der Waals surface area contributed by atoms with E-state index in [4.69, 9.17) is 9.47 Å². The Morgan fingerprint density at radius 1 is 0.900 bits per heavy atom. The molecule has 0 radical (unpaired) electrons. The number of esters is 1. The highest BCUT2D eigenvalue weighted by Crippen LogP contribution is 2.65. The number of benzene rings is 4. The smallest absolute Gasteiger partial charge is 0.324 e. The van der Waals surface area contributed by atoms with Crippen LogP contribution in [0.25, 0.3) is 0 Å². The van der Waals surface area contributed by atoms with E-state index in [-0.39, 0.29) is 19.8 Å². The predicted molar refractivity (Wildman–Crippen MR) is 226 cm³/mol. The number of pyridine rings is 1. The van der Waals surface area contributed by atoms with Crippen molar-refractivity contribution in [2.24, 2.45) is 5.92 Å². The molecule has 2 saturated heterocycles. The van der Waals surface area contributed by atoms with E-state index in [1.165, 1.54) is 0 Å². The summed E-state index contributed by atoms with van der Waals surface area (Å²) in [5.74, 6) is 4.39. The Morgan fingerprint density at radius 3 is 2.42 bits per heavy atom. The number of morpholine rings is 1. The Morgan fingerprint density at radius 2 is 1.67 bits per heavy atom. The van der Waals surface area contributed by atoms with Crippen LogP contribution in [0.2, 0.25) is 0 Å². The van der Waals surface area contributed by atoms with E-state index in [1.807, 2.05) is 120 Å². The number of hydrogen-bond acceptors (Lipinski definition) is 8. The van der Waals surface area contributed by atoms with Gasteiger partial charge in [0.05, 0.1) is 24.6 Å². The third-order valence-electron chi connectivity index (χ3n) is 12.2. The first kappa shape index (κ1) is 38.9. The van der Waals surface area contributed by atoms with E-state index >= 15 is 14.4 Å². The molecule has 5 aromatic rings. The van der Waals surface area contributed by atoms with Gasteiger partial charge in [0.25, 0.3) is 0 Å². The van der Waals surface area contributed by atoms with Gasteiger partial charge in [0.2, 0.25) is 11.8 Å². The van der Waals surface area contributed by atoms with Gasteiger partial charge in [-0.1, -0.05) is 103 Å². The minimum atomic E-state index is -1.70. The molecule has 1 aromatic heterocycles. The number of hydrogen-bond donors (Lipinski definition) is 3. The second kappa shape index (κ2) is 17.0. The molecule has 60 heavy (non-hydrogen) atoms. The summed E-state index contributed by atoms with van der Waals surface area (Å²) < 4.78 is 12.8. The van der Waals surface area contributed by atoms with Crippen molar-refractivity contribution >= 4 is 23.5 Å². The molecule has 4 heterocycles. The molecule has 2 amide bonds. The van der Waals surface area contributed by atoms with Crippen molar-refractivity contribution in [3.8, 4) is 17.6 Å². The van der Waals surface area contributed by atoms with Gasteiger partial charge in [0, 0.05) is 41.7 Å². The van der Waals surface area contributed by atoms with Gasteiger partial charge in [-0.15, -0.1) is 0 Å². The van der Waals surface area contributed by atoms with Crippen LogP contribution in [0.3, 0.4) is 0 Å². The fraction of sp³-hybridized carbons (Fsp3) is 0.280. The van der Waals surface area contributed by atoms with E-state index < -0.39 is 53.3 Å². The van der Waals surface area contributed by atoms with Crippen molar-refractivity contribution in [3.05, 3.63) is 173 Å². The Bertz CT molecular complexity index is 2480. The molecule has 10 heteroatoms. The lowest BCUT2D eigenvalue weighted by atomic mass is 9.65. The quantitative estimate of drug-likeness (QED) is 0.103. The van der Waals surface area contributed by atoms with E-state index in [1.54, 1.807) is 12.3 Å². The molecule has 3 aliphatic heterocycles. The Balaban J connectivity index is 1.29. The number of carbonyl (C=O) groups is 3. The van der Waals surface area contributed by atoms with Crippen LogP contribution in [0.5, 0.6) is 5.75 Å². The highest BCUT2D eigenvalue weighted by atomic mass is 16.6. The van der Waals surface area contributed by atoms with Crippen molar-refractivity contribution in [2.75, 3.05) is 25.1 Å². The molecule has 0 saturated carbocycles. The van der Waals surface area contributed by atoms with Crippen molar-refractivity contribution in [1.29, 1.82) is 0 Å². The van der Waals surface area contributed by atoms with Crippen LogP contribution < -0.4 is 15.4 Å². The lowest BCUT2D eigenvalue weighted by molar-refractivity contribution is -0.178. The number of ether oxygens (including phenoxy) is 2. The highest BCUT2D eigenvalue weighted by Gasteiger charge is 2.74. The molecule has 302 valence electrons. The Hall–Kier alpha value is -6.54. The van der Waals surface area contributed by atoms with Gasteiger partial charge in [0.1, 0.15) is 29.9 Å². The molecule has 9 rings (SSSR count). The summed E-state index contributed by atoms with van der Waals surface area (Å²) in [6, 6.07) is 35.2. The first-order valence-electron chi connectivity index (χ1n) is 20.7. The first-order chi connectivity index (χ1) is 29.5. The van der Waals surface area contributed by atoms with Gasteiger partial charge in [-0.3, -0.25) is 24.3 Å². The lowest BCUT2D eigenvalue weighted by Crippen LogP contribution is -2.55. The molecule has 4 aromatic carbocycles. The van der Waals surface area contributed by atoms with Gasteiger partial charge in [-0.05, 0) is 84.3 Å². The van der Waals surface area contributed by atoms with Crippen LogP contribution >= 0.6 is 0 Å². The number of cyclic esters (lactones) is 1. The molecule has 10 nitrogen and oxygen atoms in total. The monoisotopic (exact) mass is 798 g/mol. The number of aliphatic hydroxyl groups excluding tert-OH is 1. The highest BCUT2D eigenvalue weighted by molar-refractivity contribution is 6.12. The topological polar surface area (TPSA) is 130 Å². The third kappa shape index (κ3) is 7.04. The fourth-order valence-corrected chi connectivity index (χ4v) is 9.71. The van der Waals surface area contributed by atoms with Gasteiger partial charge in [0.15, 0.2) is 0 Å². The van der Waals surface area contributed by atoms with Crippen molar-refractivity contribution in [2.45, 2.75) is 61.7 Å². The van der Waals surface area contributed by atoms with Crippen molar-refractivity contribution in [3.63, 3.8) is 0 Å². The zero-order chi connectivity index (χ0) is 41.1. The second-order valence-electron chi connectivity index (χ2n) is 15.7. The number of rotatable bonds is 10. The lowest BCUT2D eigenvalue weighted by Gasteiger charge is -2.46. The predicted octanol–water partition coefficient (Wildman–Crippen LogP) is 6.93. The maximum Gasteiger partial charge on any atom is 0.324 e. The van der Waals surface area contributed by atoms with Crippen molar-refractivity contribution in [1.82, 2.24) is 15.2 Å². The number of nitrogens with zero attached hydrogens (tertiary/aromatic N) is 2. The molecule has 2 fully saturated rings. The van der Waals surface area contributed by atoms with Crippen LogP contribution in [-0.2, 0) is 31.0 Å². The first-order valence-corrected chi connectivity index (χ1v) is 20.7. The summed E-state index contributed by atoms with van der Waals surface area (Å²) in [6.45, 7) is -0.0314. The average molecular weight is 799 g/mol. The van der Waals surface area contributed by atoms with Gasteiger partial charge in [-0.25, -0.2) is 0 Å². The largest absolute Gasteiger partial charge is 0.491 e. The maximum absolute atomic E-state index is 15.5. The summed E-state index contributed by atoms with van der Waals surface area (Å²) in [5, 5.41) is 16.3. The van der Waals surface area contributed by atoms with Crippen LogP contribution in [0, 0.1) is 17.8 Å². The minimum absolute atomic E-state index is 0.00718. The molecule has 1 spiro atoms. The number of aliphatic hydroxyl groups is 1.